The fraction of sp³-hybridized carbons (Fsp3) is 0.278. The Morgan fingerprint density at radius 2 is 1.42 bits per heavy atom. The highest BCUT2D eigenvalue weighted by Gasteiger charge is 2.49. The van der Waals surface area contributed by atoms with Gasteiger partial charge in [0.2, 0.25) is 0 Å². The minimum absolute atomic E-state index is 0.199. The van der Waals surface area contributed by atoms with Gasteiger partial charge in [-0.2, -0.15) is 0 Å². The van der Waals surface area contributed by atoms with Crippen LogP contribution >= 0.6 is 0 Å². The monoisotopic (exact) mass is 627 g/mol. The minimum Gasteiger partial charge on any atom is -0.394 e. The Hall–Kier alpha value is -3.83. The van der Waals surface area contributed by atoms with E-state index in [2.05, 4.69) is 0 Å². The first kappa shape index (κ1) is 31.2. The van der Waals surface area contributed by atoms with Gasteiger partial charge in [0.05, 0.1) is 36.3 Å². The number of nitrogens with zero attached hydrogens (tertiary/aromatic N) is 1. The van der Waals surface area contributed by atoms with Crippen LogP contribution in [0.2, 0.25) is 0 Å². The van der Waals surface area contributed by atoms with Crippen molar-refractivity contribution in [2.45, 2.75) is 61.5 Å². The molecule has 4 aromatic carbocycles. The zero-order valence-electron chi connectivity index (χ0n) is 24.8. The van der Waals surface area contributed by atoms with E-state index in [4.69, 9.17) is 14.2 Å². The fourth-order valence-corrected chi connectivity index (χ4v) is 7.36. The molecule has 5 aromatic rings. The van der Waals surface area contributed by atoms with Crippen LogP contribution in [0.4, 0.5) is 0 Å². The first-order valence-electron chi connectivity index (χ1n) is 15.1. The smallest absolute Gasteiger partial charge is 0.268 e. The zero-order chi connectivity index (χ0) is 31.3. The van der Waals surface area contributed by atoms with Crippen LogP contribution in [0.3, 0.4) is 0 Å². The fourth-order valence-electron chi connectivity index (χ4n) is 5.95. The van der Waals surface area contributed by atoms with E-state index in [0.717, 1.165) is 22.1 Å². The van der Waals surface area contributed by atoms with E-state index < -0.39 is 34.1 Å². The highest BCUT2D eigenvalue weighted by molar-refractivity contribution is 7.90. The largest absolute Gasteiger partial charge is 0.394 e. The first-order valence-corrected chi connectivity index (χ1v) is 16.5. The molecule has 45 heavy (non-hydrogen) atoms. The number of hydrogen-bond acceptors (Lipinski definition) is 7. The van der Waals surface area contributed by atoms with Crippen LogP contribution in [0.1, 0.15) is 29.5 Å². The predicted molar refractivity (Wildman–Crippen MR) is 171 cm³/mol. The normalized spacial score (nSPS) is 22.0. The summed E-state index contributed by atoms with van der Waals surface area (Å²) in [5.41, 5.74) is 2.07. The SMILES string of the molecule is O=S(=O)(c1ccccc1)n1cc(CC[C@@]2(OCc3ccccc3)C[C@H](OCc3ccccc3)[C@@H](CO)O[C@H]2O)c2ccccc21. The lowest BCUT2D eigenvalue weighted by Gasteiger charge is -2.47. The zero-order valence-corrected chi connectivity index (χ0v) is 25.6. The van der Waals surface area contributed by atoms with E-state index >= 15 is 0 Å². The highest BCUT2D eigenvalue weighted by atomic mass is 32.2. The molecule has 0 radical (unpaired) electrons. The van der Waals surface area contributed by atoms with Crippen LogP contribution in [-0.2, 0) is 43.9 Å². The molecule has 0 bridgehead atoms. The van der Waals surface area contributed by atoms with E-state index in [1.165, 1.54) is 3.97 Å². The first-order chi connectivity index (χ1) is 21.9. The van der Waals surface area contributed by atoms with Crippen molar-refractivity contribution in [2.75, 3.05) is 6.61 Å². The molecular weight excluding hydrogens is 590 g/mol. The second kappa shape index (κ2) is 13.7. The summed E-state index contributed by atoms with van der Waals surface area (Å²) in [5.74, 6) is 0. The van der Waals surface area contributed by atoms with Crippen LogP contribution in [0.5, 0.6) is 0 Å². The van der Waals surface area contributed by atoms with Crippen molar-refractivity contribution < 1.29 is 32.8 Å². The van der Waals surface area contributed by atoms with E-state index in [1.54, 1.807) is 42.6 Å². The third-order valence-corrected chi connectivity index (χ3v) is 10.1. The third kappa shape index (κ3) is 6.74. The van der Waals surface area contributed by atoms with Crippen LogP contribution in [0, 0.1) is 0 Å². The molecule has 2 N–H and O–H groups in total. The maximum atomic E-state index is 13.7. The van der Waals surface area contributed by atoms with Crippen molar-refractivity contribution in [1.82, 2.24) is 3.97 Å². The van der Waals surface area contributed by atoms with Gasteiger partial charge in [-0.3, -0.25) is 0 Å². The number of hydrogen-bond donors (Lipinski definition) is 2. The Labute approximate surface area is 263 Å². The van der Waals surface area contributed by atoms with Gasteiger partial charge in [0.1, 0.15) is 11.7 Å². The predicted octanol–water partition coefficient (Wildman–Crippen LogP) is 5.45. The Morgan fingerprint density at radius 1 is 0.822 bits per heavy atom. The molecule has 0 unspecified atom stereocenters. The van der Waals surface area contributed by atoms with Gasteiger partial charge in [-0.15, -0.1) is 0 Å². The molecule has 0 amide bonds. The molecule has 1 saturated heterocycles. The van der Waals surface area contributed by atoms with Crippen molar-refractivity contribution in [1.29, 1.82) is 0 Å². The molecule has 8 nitrogen and oxygen atoms in total. The Morgan fingerprint density at radius 3 is 2.09 bits per heavy atom. The molecule has 0 aliphatic carbocycles. The summed E-state index contributed by atoms with van der Waals surface area (Å²) in [6.45, 7) is 0.206. The van der Waals surface area contributed by atoms with E-state index in [1.807, 2.05) is 78.9 Å². The second-order valence-corrected chi connectivity index (χ2v) is 13.2. The summed E-state index contributed by atoms with van der Waals surface area (Å²) in [4.78, 5) is 0.199. The lowest BCUT2D eigenvalue weighted by atomic mass is 9.84. The van der Waals surface area contributed by atoms with E-state index in [9.17, 15) is 18.6 Å². The number of aliphatic hydroxyl groups excluding tert-OH is 2. The molecule has 1 aromatic heterocycles. The van der Waals surface area contributed by atoms with Gasteiger partial charge in [0, 0.05) is 18.0 Å². The van der Waals surface area contributed by atoms with Crippen LogP contribution in [0.15, 0.2) is 126 Å². The maximum absolute atomic E-state index is 13.7. The third-order valence-electron chi connectivity index (χ3n) is 8.45. The number of rotatable bonds is 12. The summed E-state index contributed by atoms with van der Waals surface area (Å²) in [6.07, 6.45) is -0.0274. The average molecular weight is 628 g/mol. The van der Waals surface area contributed by atoms with E-state index in [0.29, 0.717) is 25.0 Å². The van der Waals surface area contributed by atoms with Gasteiger partial charge in [-0.25, -0.2) is 12.4 Å². The molecule has 4 atom stereocenters. The van der Waals surface area contributed by atoms with Crippen molar-refractivity contribution in [3.8, 4) is 0 Å². The van der Waals surface area contributed by atoms with Gasteiger partial charge >= 0.3 is 0 Å². The lowest BCUT2D eigenvalue weighted by molar-refractivity contribution is -0.315. The topological polar surface area (TPSA) is 107 Å². The molecule has 0 spiro atoms. The number of aryl methyl sites for hydroxylation is 1. The summed E-state index contributed by atoms with van der Waals surface area (Å²) < 4.78 is 47.5. The number of para-hydroxylation sites is 1. The molecule has 6 rings (SSSR count). The minimum atomic E-state index is -3.85. The molecule has 234 valence electrons. The number of fused-ring (bicyclic) bond motifs is 1. The van der Waals surface area contributed by atoms with Crippen LogP contribution < -0.4 is 0 Å². The molecule has 2 heterocycles. The molecule has 0 saturated carbocycles. The molecular formula is C36H37NO7S. The molecule has 1 fully saturated rings. The van der Waals surface area contributed by atoms with Crippen molar-refractivity contribution in [2.24, 2.45) is 0 Å². The number of benzene rings is 4. The number of ether oxygens (including phenoxy) is 3. The molecule has 9 heteroatoms. The van der Waals surface area contributed by atoms with Gasteiger partial charge in [-0.05, 0) is 47.7 Å². The van der Waals surface area contributed by atoms with Crippen LogP contribution in [-0.4, -0.2) is 53.3 Å². The van der Waals surface area contributed by atoms with Crippen LogP contribution in [0.25, 0.3) is 10.9 Å². The Bertz CT molecular complexity index is 1800. The van der Waals surface area contributed by atoms with Crippen molar-refractivity contribution >= 4 is 20.9 Å². The number of aliphatic hydroxyl groups is 2. The molecule has 1 aliphatic heterocycles. The quantitative estimate of drug-likeness (QED) is 0.189. The van der Waals surface area contributed by atoms with Crippen molar-refractivity contribution in [3.05, 3.63) is 138 Å². The summed E-state index contributed by atoms with van der Waals surface area (Å²) >= 11 is 0. The van der Waals surface area contributed by atoms with Gasteiger partial charge in [0.15, 0.2) is 6.29 Å². The molecule has 1 aliphatic rings. The standard InChI is InChI=1S/C36H37NO7S/c38-24-34-33(42-25-27-12-4-1-5-13-27)22-36(35(39)44-34,43-26-28-14-6-2-7-15-28)21-20-29-23-37(32-19-11-10-18-31(29)32)45(40,41)30-16-8-3-9-17-30/h1-19,23,33-35,38-39H,20-22,24-26H2/t33-,34+,35+,36+/m0/s1. The maximum Gasteiger partial charge on any atom is 0.268 e. The number of aromatic nitrogens is 1. The highest BCUT2D eigenvalue weighted by Crippen LogP contribution is 2.39. The Kier molecular flexibility index (Phi) is 9.46. The second-order valence-electron chi connectivity index (χ2n) is 11.4. The van der Waals surface area contributed by atoms with E-state index in [-0.39, 0.29) is 24.5 Å². The summed E-state index contributed by atoms with van der Waals surface area (Å²) in [7, 11) is -3.85. The van der Waals surface area contributed by atoms with Gasteiger partial charge in [-0.1, -0.05) is 97.1 Å². The lowest BCUT2D eigenvalue weighted by Crippen LogP contribution is -2.59. The average Bonchev–Trinajstić information content (AvgIpc) is 3.47. The van der Waals surface area contributed by atoms with Gasteiger partial charge in [0.25, 0.3) is 10.0 Å². The van der Waals surface area contributed by atoms with Gasteiger partial charge < -0.3 is 24.4 Å². The summed E-state index contributed by atoms with van der Waals surface area (Å²) in [5, 5.41) is 22.4. The summed E-state index contributed by atoms with van der Waals surface area (Å²) in [6, 6.07) is 35.1. The van der Waals surface area contributed by atoms with Crippen molar-refractivity contribution in [3.63, 3.8) is 0 Å². The Balaban J connectivity index is 1.32.